The second-order valence-corrected chi connectivity index (χ2v) is 5.76. The van der Waals surface area contributed by atoms with E-state index in [0.717, 1.165) is 15.9 Å². The Morgan fingerprint density at radius 3 is 2.83 bits per heavy atom. The van der Waals surface area contributed by atoms with Crippen LogP contribution in [0.5, 0.6) is 0 Å². The Balaban J connectivity index is 2.05. The van der Waals surface area contributed by atoms with Crippen LogP contribution in [-0.2, 0) is 7.05 Å². The highest BCUT2D eigenvalue weighted by Crippen LogP contribution is 2.29. The lowest BCUT2D eigenvalue weighted by Crippen LogP contribution is -2.31. The fourth-order valence-corrected chi connectivity index (χ4v) is 3.30. The third-order valence-electron chi connectivity index (χ3n) is 2.66. The van der Waals surface area contributed by atoms with Gasteiger partial charge in [0.25, 0.3) is 0 Å². The summed E-state index contributed by atoms with van der Waals surface area (Å²) in [5.41, 5.74) is 3.92. The van der Waals surface area contributed by atoms with Gasteiger partial charge in [0.2, 0.25) is 0 Å². The van der Waals surface area contributed by atoms with Crippen molar-refractivity contribution < 1.29 is 0 Å². The fraction of sp³-hybridized carbons (Fsp3) is 0.250. The van der Waals surface area contributed by atoms with Gasteiger partial charge in [0.15, 0.2) is 0 Å². The maximum atomic E-state index is 5.62. The van der Waals surface area contributed by atoms with Gasteiger partial charge in [-0.1, -0.05) is 12.1 Å². The van der Waals surface area contributed by atoms with E-state index in [1.807, 2.05) is 36.0 Å². The molecule has 4 nitrogen and oxygen atoms in total. The molecule has 3 N–H and O–H groups in total. The first kappa shape index (κ1) is 13.6. The van der Waals surface area contributed by atoms with Crippen molar-refractivity contribution in [2.24, 2.45) is 12.9 Å². The molecule has 0 spiro atoms. The summed E-state index contributed by atoms with van der Waals surface area (Å²) in [6, 6.07) is 10.2. The summed E-state index contributed by atoms with van der Waals surface area (Å²) in [6.45, 7) is 0. The van der Waals surface area contributed by atoms with Crippen LogP contribution in [0.15, 0.2) is 45.9 Å². The minimum atomic E-state index is 0.0783. The number of hydrogen-bond donors (Lipinski definition) is 2. The zero-order valence-corrected chi connectivity index (χ0v) is 12.4. The van der Waals surface area contributed by atoms with Crippen molar-refractivity contribution in [1.82, 2.24) is 15.2 Å². The van der Waals surface area contributed by atoms with Crippen LogP contribution in [0, 0.1) is 0 Å². The summed E-state index contributed by atoms with van der Waals surface area (Å²) in [6.07, 6.45) is 1.78. The number of thioether (sulfide) groups is 1. The Bertz CT molecular complexity index is 514. The molecule has 1 atom stereocenters. The van der Waals surface area contributed by atoms with Crippen molar-refractivity contribution in [2.45, 2.75) is 10.9 Å². The number of rotatable bonds is 5. The fourth-order valence-electron chi connectivity index (χ4n) is 1.68. The van der Waals surface area contributed by atoms with E-state index in [1.165, 1.54) is 4.90 Å². The number of aromatic nitrogens is 2. The molecule has 2 aromatic rings. The topological polar surface area (TPSA) is 55.9 Å². The number of hydrazine groups is 1. The van der Waals surface area contributed by atoms with E-state index >= 15 is 0 Å². The summed E-state index contributed by atoms with van der Waals surface area (Å²) in [7, 11) is 1.92. The van der Waals surface area contributed by atoms with Crippen molar-refractivity contribution in [1.29, 1.82) is 0 Å². The SMILES string of the molecule is Cn1nccc1C(CSc1ccccc1Br)NN. The second kappa shape index (κ2) is 6.38. The monoisotopic (exact) mass is 326 g/mol. The third-order valence-corrected chi connectivity index (χ3v) is 4.78. The number of halogens is 1. The molecule has 6 heteroatoms. The standard InChI is InChI=1S/C12H15BrN4S/c1-17-11(6-7-15-17)10(16-14)8-18-12-5-3-2-4-9(12)13/h2-7,10,16H,8,14H2,1H3. The number of aryl methyl sites for hydroxylation is 1. The number of hydrogen-bond acceptors (Lipinski definition) is 4. The predicted molar refractivity (Wildman–Crippen MR) is 78.1 cm³/mol. The summed E-state index contributed by atoms with van der Waals surface area (Å²) in [5, 5.41) is 4.16. The quantitative estimate of drug-likeness (QED) is 0.503. The number of nitrogens with two attached hydrogens (primary N) is 1. The van der Waals surface area contributed by atoms with Crippen LogP contribution in [0.3, 0.4) is 0 Å². The number of nitrogens with one attached hydrogen (secondary N) is 1. The Morgan fingerprint density at radius 1 is 1.44 bits per heavy atom. The maximum absolute atomic E-state index is 5.62. The Hall–Kier alpha value is -0.820. The summed E-state index contributed by atoms with van der Waals surface area (Å²) in [5.74, 6) is 6.46. The molecule has 0 aliphatic heterocycles. The lowest BCUT2D eigenvalue weighted by atomic mass is 10.2. The van der Waals surface area contributed by atoms with Gasteiger partial charge >= 0.3 is 0 Å². The molecule has 0 amide bonds. The Kier molecular flexibility index (Phi) is 4.82. The van der Waals surface area contributed by atoms with Crippen LogP contribution in [0.25, 0.3) is 0 Å². The maximum Gasteiger partial charge on any atom is 0.0722 e. The minimum Gasteiger partial charge on any atom is -0.271 e. The average Bonchev–Trinajstić information content (AvgIpc) is 2.79. The van der Waals surface area contributed by atoms with E-state index < -0.39 is 0 Å². The molecule has 1 unspecified atom stereocenters. The molecule has 0 bridgehead atoms. The lowest BCUT2D eigenvalue weighted by Gasteiger charge is -2.16. The molecule has 0 fully saturated rings. The van der Waals surface area contributed by atoms with Crippen molar-refractivity contribution in [2.75, 3.05) is 5.75 Å². The van der Waals surface area contributed by atoms with E-state index in [2.05, 4.69) is 32.5 Å². The first-order valence-corrected chi connectivity index (χ1v) is 7.31. The minimum absolute atomic E-state index is 0.0783. The van der Waals surface area contributed by atoms with E-state index in [4.69, 9.17) is 5.84 Å². The summed E-state index contributed by atoms with van der Waals surface area (Å²) < 4.78 is 2.95. The molecule has 0 saturated heterocycles. The van der Waals surface area contributed by atoms with Crippen molar-refractivity contribution in [3.8, 4) is 0 Å². The van der Waals surface area contributed by atoms with Gasteiger partial charge in [-0.3, -0.25) is 16.0 Å². The van der Waals surface area contributed by atoms with E-state index in [1.54, 1.807) is 18.0 Å². The van der Waals surface area contributed by atoms with E-state index in [9.17, 15) is 0 Å². The van der Waals surface area contributed by atoms with Crippen molar-refractivity contribution in [3.63, 3.8) is 0 Å². The predicted octanol–water partition coefficient (Wildman–Crippen LogP) is 2.48. The van der Waals surface area contributed by atoms with Gasteiger partial charge in [0.05, 0.1) is 11.7 Å². The molecule has 2 rings (SSSR count). The highest BCUT2D eigenvalue weighted by molar-refractivity contribution is 9.10. The van der Waals surface area contributed by atoms with Crippen molar-refractivity contribution >= 4 is 27.7 Å². The Labute approximate surface area is 119 Å². The van der Waals surface area contributed by atoms with E-state index in [0.29, 0.717) is 0 Å². The van der Waals surface area contributed by atoms with Crippen LogP contribution in [0.2, 0.25) is 0 Å². The molecule has 1 heterocycles. The molecular formula is C12H15BrN4S. The van der Waals surface area contributed by atoms with Crippen LogP contribution >= 0.6 is 27.7 Å². The van der Waals surface area contributed by atoms with Gasteiger partial charge in [-0.2, -0.15) is 5.10 Å². The summed E-state index contributed by atoms with van der Waals surface area (Å²) in [4.78, 5) is 1.21. The molecule has 0 aliphatic carbocycles. The molecule has 0 saturated carbocycles. The molecule has 0 radical (unpaired) electrons. The van der Waals surface area contributed by atoms with Crippen LogP contribution in [0.4, 0.5) is 0 Å². The van der Waals surface area contributed by atoms with Crippen LogP contribution < -0.4 is 11.3 Å². The number of nitrogens with zero attached hydrogens (tertiary/aromatic N) is 2. The molecular weight excluding hydrogens is 312 g/mol. The molecule has 1 aromatic heterocycles. The lowest BCUT2D eigenvalue weighted by molar-refractivity contribution is 0.554. The smallest absolute Gasteiger partial charge is 0.0722 e. The first-order chi connectivity index (χ1) is 8.72. The summed E-state index contributed by atoms with van der Waals surface area (Å²) >= 11 is 5.30. The van der Waals surface area contributed by atoms with Crippen LogP contribution in [0.1, 0.15) is 11.7 Å². The highest BCUT2D eigenvalue weighted by atomic mass is 79.9. The molecule has 1 aromatic carbocycles. The molecule has 96 valence electrons. The van der Waals surface area contributed by atoms with Crippen molar-refractivity contribution in [3.05, 3.63) is 46.7 Å². The van der Waals surface area contributed by atoms with Gasteiger partial charge in [-0.25, -0.2) is 0 Å². The molecule has 18 heavy (non-hydrogen) atoms. The highest BCUT2D eigenvalue weighted by Gasteiger charge is 2.14. The van der Waals surface area contributed by atoms with Crippen LogP contribution in [-0.4, -0.2) is 15.5 Å². The second-order valence-electron chi connectivity index (χ2n) is 3.84. The largest absolute Gasteiger partial charge is 0.271 e. The number of benzene rings is 1. The van der Waals surface area contributed by atoms with Gasteiger partial charge in [-0.15, -0.1) is 11.8 Å². The Morgan fingerprint density at radius 2 is 2.22 bits per heavy atom. The average molecular weight is 327 g/mol. The zero-order valence-electron chi connectivity index (χ0n) is 10.0. The van der Waals surface area contributed by atoms with Gasteiger partial charge in [-0.05, 0) is 34.1 Å². The third kappa shape index (κ3) is 3.14. The van der Waals surface area contributed by atoms with Gasteiger partial charge in [0.1, 0.15) is 0 Å². The van der Waals surface area contributed by atoms with Gasteiger partial charge in [0, 0.05) is 28.4 Å². The zero-order chi connectivity index (χ0) is 13.0. The van der Waals surface area contributed by atoms with Gasteiger partial charge < -0.3 is 0 Å². The first-order valence-electron chi connectivity index (χ1n) is 5.53. The normalized spacial score (nSPS) is 12.6. The molecule has 0 aliphatic rings. The van der Waals surface area contributed by atoms with E-state index in [-0.39, 0.29) is 6.04 Å².